The molecular formula is C46H52B2N5O+. The van der Waals surface area contributed by atoms with Gasteiger partial charge < -0.3 is 18.8 Å². The molecule has 0 amide bonds. The second-order valence-corrected chi connectivity index (χ2v) is 16.4. The van der Waals surface area contributed by atoms with Crippen molar-refractivity contribution < 1.29 is 9.21 Å². The number of pyridine rings is 1. The van der Waals surface area contributed by atoms with E-state index in [2.05, 4.69) is 191 Å². The van der Waals surface area contributed by atoms with E-state index in [9.17, 15) is 0 Å². The van der Waals surface area contributed by atoms with Crippen molar-refractivity contribution >= 4 is 36.3 Å². The summed E-state index contributed by atoms with van der Waals surface area (Å²) < 4.78 is 11.5. The Hall–Kier alpha value is -5.23. The van der Waals surface area contributed by atoms with Crippen LogP contribution in [-0.4, -0.2) is 37.5 Å². The molecular weight excluding hydrogens is 660 g/mol. The number of hydrogen-bond donors (Lipinski definition) is 0. The van der Waals surface area contributed by atoms with E-state index in [1.165, 1.54) is 44.6 Å². The molecule has 0 bridgehead atoms. The monoisotopic (exact) mass is 712 g/mol. The van der Waals surface area contributed by atoms with Crippen molar-refractivity contribution in [2.45, 2.75) is 79.1 Å². The summed E-state index contributed by atoms with van der Waals surface area (Å²) in [5.74, 6) is 4.17. The highest BCUT2D eigenvalue weighted by Crippen LogP contribution is 2.41. The van der Waals surface area contributed by atoms with Crippen LogP contribution in [0.3, 0.4) is 0 Å². The number of hydrogen-bond acceptors (Lipinski definition) is 4. The molecule has 0 saturated carbocycles. The highest BCUT2D eigenvalue weighted by molar-refractivity contribution is 6.77. The molecule has 0 atom stereocenters. The van der Waals surface area contributed by atoms with Gasteiger partial charge in [0.1, 0.15) is 23.5 Å². The summed E-state index contributed by atoms with van der Waals surface area (Å²) in [5, 5.41) is 0. The number of anilines is 2. The maximum atomic E-state index is 6.73. The lowest BCUT2D eigenvalue weighted by molar-refractivity contribution is -0.524. The van der Waals surface area contributed by atoms with Gasteiger partial charge in [-0.3, -0.25) is 4.48 Å². The molecule has 2 aliphatic rings. The molecule has 8 rings (SSSR count). The topological polar surface area (TPSA) is 37.4 Å². The van der Waals surface area contributed by atoms with Gasteiger partial charge in [-0.05, 0) is 107 Å². The van der Waals surface area contributed by atoms with E-state index >= 15 is 0 Å². The number of nitrogens with zero attached hydrogens (tertiary/aromatic N) is 5. The molecule has 0 aliphatic carbocycles. The molecule has 6 nitrogen and oxygen atoms in total. The Morgan fingerprint density at radius 1 is 0.593 bits per heavy atom. The maximum absolute atomic E-state index is 6.73. The molecule has 0 radical (unpaired) electrons. The number of ether oxygens (including phenoxy) is 1. The lowest BCUT2D eigenvalue weighted by Gasteiger charge is -2.37. The van der Waals surface area contributed by atoms with Gasteiger partial charge in [-0.2, -0.15) is 0 Å². The molecule has 2 aromatic heterocycles. The SMILES string of the molecule is CC(C)c1cccc(C(C)C)c1B1N(C)c2ccc(Oc3ccc4c(c3)-c3cccc[n+]3B(c3c(C(C)C)cccc3C(C)C)N4C)cc2-c2nccn21. The summed E-state index contributed by atoms with van der Waals surface area (Å²) in [7, 11) is 4.44. The van der Waals surface area contributed by atoms with Crippen LogP contribution in [-0.2, 0) is 0 Å². The third kappa shape index (κ3) is 5.82. The van der Waals surface area contributed by atoms with Gasteiger partial charge in [0.15, 0.2) is 5.69 Å². The lowest BCUT2D eigenvalue weighted by Crippen LogP contribution is -2.71. The Morgan fingerprint density at radius 3 is 1.70 bits per heavy atom. The lowest BCUT2D eigenvalue weighted by atomic mass is 9.58. The maximum Gasteiger partial charge on any atom is 0.653 e. The predicted molar refractivity (Wildman–Crippen MR) is 227 cm³/mol. The molecule has 4 aromatic carbocycles. The summed E-state index contributed by atoms with van der Waals surface area (Å²) >= 11 is 0. The van der Waals surface area contributed by atoms with E-state index in [4.69, 9.17) is 9.72 Å². The fraction of sp³-hybridized carbons (Fsp3) is 0.304. The van der Waals surface area contributed by atoms with Crippen LogP contribution >= 0.6 is 0 Å². The fourth-order valence-electron chi connectivity index (χ4n) is 9.02. The first-order chi connectivity index (χ1) is 26.0. The molecule has 0 N–H and O–H groups in total. The fourth-order valence-corrected chi connectivity index (χ4v) is 9.02. The number of fused-ring (bicyclic) bond motifs is 6. The molecule has 6 aromatic rings. The number of aromatic nitrogens is 3. The van der Waals surface area contributed by atoms with Gasteiger partial charge in [-0.15, -0.1) is 0 Å². The minimum atomic E-state index is 0.000851. The van der Waals surface area contributed by atoms with Crippen molar-refractivity contribution in [2.24, 2.45) is 0 Å². The van der Waals surface area contributed by atoms with Crippen molar-refractivity contribution in [3.63, 3.8) is 0 Å². The van der Waals surface area contributed by atoms with Crippen molar-refractivity contribution in [1.82, 2.24) is 9.46 Å². The van der Waals surface area contributed by atoms with Crippen LogP contribution in [0.15, 0.2) is 110 Å². The third-order valence-electron chi connectivity index (χ3n) is 11.6. The zero-order valence-electron chi connectivity index (χ0n) is 33.5. The number of imidazole rings is 1. The Kier molecular flexibility index (Phi) is 9.20. The summed E-state index contributed by atoms with van der Waals surface area (Å²) in [6.07, 6.45) is 6.28. The van der Waals surface area contributed by atoms with Crippen molar-refractivity contribution in [1.29, 1.82) is 0 Å². The first-order valence-corrected chi connectivity index (χ1v) is 19.7. The van der Waals surface area contributed by atoms with Crippen LogP contribution in [0.25, 0.3) is 22.6 Å². The second-order valence-electron chi connectivity index (χ2n) is 16.4. The van der Waals surface area contributed by atoms with Crippen molar-refractivity contribution in [2.75, 3.05) is 23.7 Å². The molecule has 0 fully saturated rings. The normalized spacial score (nSPS) is 13.5. The molecule has 2 aliphatic heterocycles. The second kappa shape index (κ2) is 13.9. The number of rotatable bonds is 8. The average molecular weight is 713 g/mol. The summed E-state index contributed by atoms with van der Waals surface area (Å²) in [6, 6.07) is 33.2. The largest absolute Gasteiger partial charge is 0.653 e. The zero-order chi connectivity index (χ0) is 38.0. The van der Waals surface area contributed by atoms with Gasteiger partial charge in [0.2, 0.25) is 0 Å². The number of benzene rings is 4. The van der Waals surface area contributed by atoms with Crippen molar-refractivity contribution in [3.05, 3.63) is 132 Å². The van der Waals surface area contributed by atoms with Crippen LogP contribution in [0.4, 0.5) is 11.4 Å². The molecule has 4 heterocycles. The standard InChI is InChI=1S/C46H52B2N5O/c1-29(2)35-15-13-16-36(30(3)4)44(35)47-50(9)41-22-20-33(27-39(41)43-19-11-12-25-52(43)47)54-34-21-23-42-40(28-34)46-49-24-26-53(46)48(51(42)10)45-37(31(5)6)17-14-18-38(45)32(7)8/h11-32H,1-10H3/q+1. The van der Waals surface area contributed by atoms with Gasteiger partial charge in [0.05, 0.1) is 5.56 Å². The Labute approximate surface area is 322 Å². The molecule has 8 heteroatoms. The minimum Gasteiger partial charge on any atom is -0.457 e. The van der Waals surface area contributed by atoms with Gasteiger partial charge in [0, 0.05) is 47.9 Å². The predicted octanol–water partition coefficient (Wildman–Crippen LogP) is 9.18. The first-order valence-electron chi connectivity index (χ1n) is 19.7. The first kappa shape index (κ1) is 35.8. The van der Waals surface area contributed by atoms with Gasteiger partial charge in [-0.1, -0.05) is 91.8 Å². The van der Waals surface area contributed by atoms with E-state index in [0.29, 0.717) is 23.7 Å². The minimum absolute atomic E-state index is 0.000851. The highest BCUT2D eigenvalue weighted by atomic mass is 16.5. The summed E-state index contributed by atoms with van der Waals surface area (Å²) in [4.78, 5) is 9.78. The van der Waals surface area contributed by atoms with E-state index in [1.54, 1.807) is 0 Å². The van der Waals surface area contributed by atoms with Crippen LogP contribution in [0.5, 0.6) is 11.5 Å². The van der Waals surface area contributed by atoms with Gasteiger partial charge in [-0.25, -0.2) is 4.98 Å². The van der Waals surface area contributed by atoms with E-state index in [1.807, 2.05) is 6.20 Å². The van der Waals surface area contributed by atoms with E-state index in [-0.39, 0.29) is 14.0 Å². The molecule has 0 unspecified atom stereocenters. The van der Waals surface area contributed by atoms with Crippen LogP contribution < -0.4 is 29.8 Å². The van der Waals surface area contributed by atoms with Gasteiger partial charge in [0.25, 0.3) is 0 Å². The van der Waals surface area contributed by atoms with Gasteiger partial charge >= 0.3 is 14.0 Å². The van der Waals surface area contributed by atoms with Crippen LogP contribution in [0.1, 0.15) is 101 Å². The average Bonchev–Trinajstić information content (AvgIpc) is 3.65. The Balaban J connectivity index is 1.16. The summed E-state index contributed by atoms with van der Waals surface area (Å²) in [5.41, 5.74) is 14.1. The summed E-state index contributed by atoms with van der Waals surface area (Å²) in [6.45, 7) is 18.4. The molecule has 272 valence electrons. The Bertz CT molecular complexity index is 2310. The van der Waals surface area contributed by atoms with E-state index < -0.39 is 0 Å². The quantitative estimate of drug-likeness (QED) is 0.148. The van der Waals surface area contributed by atoms with Crippen molar-refractivity contribution in [3.8, 4) is 34.1 Å². The third-order valence-corrected chi connectivity index (χ3v) is 11.6. The highest BCUT2D eigenvalue weighted by Gasteiger charge is 2.48. The van der Waals surface area contributed by atoms with Crippen LogP contribution in [0.2, 0.25) is 0 Å². The smallest absolute Gasteiger partial charge is 0.457 e. The Morgan fingerprint density at radius 2 is 1.13 bits per heavy atom. The zero-order valence-corrected chi connectivity index (χ0v) is 33.5. The molecule has 0 spiro atoms. The molecule has 0 saturated heterocycles. The van der Waals surface area contributed by atoms with E-state index in [0.717, 1.165) is 34.1 Å². The molecule has 54 heavy (non-hydrogen) atoms. The van der Waals surface area contributed by atoms with Crippen LogP contribution in [0, 0.1) is 0 Å².